The lowest BCUT2D eigenvalue weighted by Gasteiger charge is -2.19. The van der Waals surface area contributed by atoms with E-state index in [1.54, 1.807) is 11.3 Å². The molecular weight excluding hydrogens is 298 g/mol. The summed E-state index contributed by atoms with van der Waals surface area (Å²) in [4.78, 5) is 13.2. The van der Waals surface area contributed by atoms with Crippen LogP contribution < -0.4 is 5.32 Å². The van der Waals surface area contributed by atoms with Crippen LogP contribution in [0, 0.1) is 5.92 Å². The second-order valence-electron chi connectivity index (χ2n) is 4.15. The first kappa shape index (κ1) is 14.7. The molecule has 1 rings (SSSR count). The Labute approximate surface area is 116 Å². The zero-order valence-corrected chi connectivity index (χ0v) is 12.8. The van der Waals surface area contributed by atoms with E-state index in [0.717, 1.165) is 24.3 Å². The molecule has 0 spiro atoms. The molecule has 1 atom stereocenters. The molecule has 2 nitrogen and oxygen atoms in total. The Balaban J connectivity index is 2.28. The number of alkyl halides is 1. The summed E-state index contributed by atoms with van der Waals surface area (Å²) in [7, 11) is 0. The number of carbonyl (C=O) groups is 1. The summed E-state index contributed by atoms with van der Waals surface area (Å²) in [5.41, 5.74) is 0. The molecule has 0 aromatic carbocycles. The summed E-state index contributed by atoms with van der Waals surface area (Å²) in [6.45, 7) is 5.10. The number of amides is 1. The Morgan fingerprint density at radius 2 is 2.18 bits per heavy atom. The lowest BCUT2D eigenvalue weighted by molar-refractivity contribution is -0.120. The molecule has 17 heavy (non-hydrogen) atoms. The minimum atomic E-state index is 0.114. The van der Waals surface area contributed by atoms with Gasteiger partial charge < -0.3 is 5.32 Å². The van der Waals surface area contributed by atoms with Gasteiger partial charge in [0.25, 0.3) is 0 Å². The van der Waals surface area contributed by atoms with E-state index in [1.807, 2.05) is 17.5 Å². The van der Waals surface area contributed by atoms with E-state index >= 15 is 0 Å². The molecule has 96 valence electrons. The zero-order chi connectivity index (χ0) is 12.7. The van der Waals surface area contributed by atoms with Gasteiger partial charge in [-0.1, -0.05) is 48.7 Å². The molecule has 0 radical (unpaired) electrons. The third-order valence-corrected chi connectivity index (χ3v) is 4.92. The fraction of sp³-hybridized carbons (Fsp3) is 0.615. The maximum absolute atomic E-state index is 11.7. The first-order chi connectivity index (χ1) is 8.17. The average Bonchev–Trinajstić information content (AvgIpc) is 2.81. The smallest absolute Gasteiger partial charge is 0.225 e. The van der Waals surface area contributed by atoms with Gasteiger partial charge in [-0.05, 0) is 17.4 Å². The first-order valence-electron chi connectivity index (χ1n) is 6.10. The first-order valence-corrected chi connectivity index (χ1v) is 7.90. The summed E-state index contributed by atoms with van der Waals surface area (Å²) in [6, 6.07) is 3.97. The predicted octanol–water partition coefficient (Wildman–Crippen LogP) is 3.61. The Kier molecular flexibility index (Phi) is 6.82. The molecule has 0 fully saturated rings. The highest BCUT2D eigenvalue weighted by Crippen LogP contribution is 2.19. The van der Waals surface area contributed by atoms with Crippen molar-refractivity contribution < 1.29 is 4.79 Å². The highest BCUT2D eigenvalue weighted by molar-refractivity contribution is 9.09. The van der Waals surface area contributed by atoms with Gasteiger partial charge in [-0.3, -0.25) is 4.79 Å². The second-order valence-corrected chi connectivity index (χ2v) is 6.36. The highest BCUT2D eigenvalue weighted by atomic mass is 79.9. The topological polar surface area (TPSA) is 29.1 Å². The lowest BCUT2D eigenvalue weighted by Crippen LogP contribution is -2.33. The number of hydrogen-bond donors (Lipinski definition) is 1. The third-order valence-electron chi connectivity index (χ3n) is 2.97. The molecule has 1 unspecified atom stereocenters. The molecule has 0 aliphatic heterocycles. The maximum Gasteiger partial charge on any atom is 0.225 e. The zero-order valence-electron chi connectivity index (χ0n) is 10.4. The molecule has 1 N–H and O–H groups in total. The van der Waals surface area contributed by atoms with Crippen molar-refractivity contribution in [2.24, 2.45) is 5.92 Å². The monoisotopic (exact) mass is 317 g/mol. The van der Waals surface area contributed by atoms with Crippen LogP contribution in [-0.4, -0.2) is 17.3 Å². The van der Waals surface area contributed by atoms with Crippen molar-refractivity contribution in [1.29, 1.82) is 0 Å². The molecule has 0 saturated carbocycles. The largest absolute Gasteiger partial charge is 0.355 e. The standard InChI is InChI=1S/C13H20BrNOS/c1-3-10(4-2)12(14)9-15-13(16)8-11-6-5-7-17-11/h5-7,10,12H,3-4,8-9H2,1-2H3,(H,15,16). The molecular formula is C13H20BrNOS. The Bertz CT molecular complexity index is 322. The van der Waals surface area contributed by atoms with Crippen LogP contribution in [0.2, 0.25) is 0 Å². The van der Waals surface area contributed by atoms with Crippen LogP contribution in [0.4, 0.5) is 0 Å². The number of rotatable bonds is 7. The maximum atomic E-state index is 11.7. The second kappa shape index (κ2) is 7.88. The molecule has 1 amide bonds. The normalized spacial score (nSPS) is 12.7. The number of halogens is 1. The van der Waals surface area contributed by atoms with Gasteiger partial charge in [-0.25, -0.2) is 0 Å². The van der Waals surface area contributed by atoms with Crippen LogP contribution in [0.5, 0.6) is 0 Å². The van der Waals surface area contributed by atoms with Crippen LogP contribution in [0.1, 0.15) is 31.6 Å². The summed E-state index contributed by atoms with van der Waals surface area (Å²) in [6.07, 6.45) is 2.79. The molecule has 1 aromatic heterocycles. The minimum absolute atomic E-state index is 0.114. The van der Waals surface area contributed by atoms with E-state index < -0.39 is 0 Å². The van der Waals surface area contributed by atoms with Crippen molar-refractivity contribution in [3.63, 3.8) is 0 Å². The van der Waals surface area contributed by atoms with Crippen molar-refractivity contribution in [2.75, 3.05) is 6.54 Å². The Morgan fingerprint density at radius 3 is 2.71 bits per heavy atom. The van der Waals surface area contributed by atoms with Crippen molar-refractivity contribution in [3.05, 3.63) is 22.4 Å². The van der Waals surface area contributed by atoms with E-state index in [2.05, 4.69) is 35.1 Å². The molecule has 1 heterocycles. The van der Waals surface area contributed by atoms with Gasteiger partial charge in [-0.2, -0.15) is 0 Å². The number of nitrogens with one attached hydrogen (secondary N) is 1. The lowest BCUT2D eigenvalue weighted by atomic mass is 9.99. The Hall–Kier alpha value is -0.350. The van der Waals surface area contributed by atoms with Crippen molar-refractivity contribution >= 4 is 33.2 Å². The molecule has 1 aromatic rings. The quantitative estimate of drug-likeness (QED) is 0.765. The van der Waals surface area contributed by atoms with Crippen LogP contribution in [0.15, 0.2) is 17.5 Å². The molecule has 0 aliphatic rings. The van der Waals surface area contributed by atoms with E-state index in [9.17, 15) is 4.79 Å². The van der Waals surface area contributed by atoms with Crippen LogP contribution >= 0.6 is 27.3 Å². The van der Waals surface area contributed by atoms with Gasteiger partial charge in [0.15, 0.2) is 0 Å². The van der Waals surface area contributed by atoms with E-state index in [4.69, 9.17) is 0 Å². The molecule has 0 bridgehead atoms. The Morgan fingerprint density at radius 1 is 1.47 bits per heavy atom. The summed E-state index contributed by atoms with van der Waals surface area (Å²) in [5.74, 6) is 0.750. The minimum Gasteiger partial charge on any atom is -0.355 e. The van der Waals surface area contributed by atoms with Gasteiger partial charge in [0.05, 0.1) is 6.42 Å². The van der Waals surface area contributed by atoms with Gasteiger partial charge in [0.2, 0.25) is 5.91 Å². The third kappa shape index (κ3) is 5.21. The summed E-state index contributed by atoms with van der Waals surface area (Å²) in [5, 5.41) is 4.99. The van der Waals surface area contributed by atoms with E-state index in [1.165, 1.54) is 0 Å². The van der Waals surface area contributed by atoms with Crippen LogP contribution in [0.25, 0.3) is 0 Å². The van der Waals surface area contributed by atoms with Crippen LogP contribution in [0.3, 0.4) is 0 Å². The van der Waals surface area contributed by atoms with E-state index in [-0.39, 0.29) is 5.91 Å². The average molecular weight is 318 g/mol. The summed E-state index contributed by atoms with van der Waals surface area (Å²) < 4.78 is 0. The van der Waals surface area contributed by atoms with Gasteiger partial charge in [0.1, 0.15) is 0 Å². The van der Waals surface area contributed by atoms with Gasteiger partial charge in [-0.15, -0.1) is 11.3 Å². The van der Waals surface area contributed by atoms with Gasteiger partial charge >= 0.3 is 0 Å². The summed E-state index contributed by atoms with van der Waals surface area (Å²) >= 11 is 5.29. The van der Waals surface area contributed by atoms with Gasteiger partial charge in [0, 0.05) is 16.2 Å². The molecule has 0 saturated heterocycles. The highest BCUT2D eigenvalue weighted by Gasteiger charge is 2.16. The van der Waals surface area contributed by atoms with Crippen molar-refractivity contribution in [3.8, 4) is 0 Å². The number of carbonyl (C=O) groups excluding carboxylic acids is 1. The van der Waals surface area contributed by atoms with E-state index in [0.29, 0.717) is 17.2 Å². The molecule has 4 heteroatoms. The number of thiophene rings is 1. The number of hydrogen-bond acceptors (Lipinski definition) is 2. The molecule has 0 aliphatic carbocycles. The predicted molar refractivity (Wildman–Crippen MR) is 77.8 cm³/mol. The SMILES string of the molecule is CCC(CC)C(Br)CNC(=O)Cc1cccs1. The fourth-order valence-electron chi connectivity index (χ4n) is 1.81. The fourth-order valence-corrected chi connectivity index (χ4v) is 3.43. The van der Waals surface area contributed by atoms with Crippen molar-refractivity contribution in [2.45, 2.75) is 37.9 Å². The van der Waals surface area contributed by atoms with Crippen molar-refractivity contribution in [1.82, 2.24) is 5.32 Å². The van der Waals surface area contributed by atoms with Crippen LogP contribution in [-0.2, 0) is 11.2 Å².